The van der Waals surface area contributed by atoms with Gasteiger partial charge in [0, 0.05) is 17.1 Å². The lowest BCUT2D eigenvalue weighted by molar-refractivity contribution is -0.0203. The van der Waals surface area contributed by atoms with Crippen LogP contribution in [-0.2, 0) is 4.74 Å². The molecule has 0 saturated heterocycles. The van der Waals surface area contributed by atoms with Gasteiger partial charge in [-0.05, 0) is 43.4 Å². The summed E-state index contributed by atoms with van der Waals surface area (Å²) in [5.41, 5.74) is 1.30. The molecule has 0 spiro atoms. The van der Waals surface area contributed by atoms with Gasteiger partial charge in [0.1, 0.15) is 0 Å². The van der Waals surface area contributed by atoms with Gasteiger partial charge in [-0.3, -0.25) is 0 Å². The Morgan fingerprint density at radius 1 is 1.00 bits per heavy atom. The molecule has 2 saturated carbocycles. The first-order valence-electron chi connectivity index (χ1n) is 8.45. The maximum absolute atomic E-state index is 6.50. The molecule has 1 unspecified atom stereocenters. The first-order chi connectivity index (χ1) is 10.3. The molecule has 3 heteroatoms. The molecule has 2 aliphatic carbocycles. The molecule has 3 rings (SSSR count). The van der Waals surface area contributed by atoms with E-state index in [0.717, 1.165) is 17.1 Å². The monoisotopic (exact) mass is 351 g/mol. The maximum Gasteiger partial charge on any atom is 0.0953 e. The topological polar surface area (TPSA) is 21.3 Å². The molecule has 1 aromatic carbocycles. The molecule has 2 nitrogen and oxygen atoms in total. The molecular weight excluding hydrogens is 326 g/mol. The van der Waals surface area contributed by atoms with E-state index in [1.807, 2.05) is 0 Å². The van der Waals surface area contributed by atoms with Gasteiger partial charge < -0.3 is 10.1 Å². The quantitative estimate of drug-likeness (QED) is 0.729. The van der Waals surface area contributed by atoms with Crippen molar-refractivity contribution >= 4 is 15.9 Å². The van der Waals surface area contributed by atoms with E-state index in [9.17, 15) is 0 Å². The lowest BCUT2D eigenvalue weighted by Crippen LogP contribution is -2.28. The second-order valence-electron chi connectivity index (χ2n) is 6.47. The van der Waals surface area contributed by atoms with Gasteiger partial charge in [0.2, 0.25) is 0 Å². The minimum atomic E-state index is 0.196. The molecule has 2 fully saturated rings. The Labute approximate surface area is 136 Å². The van der Waals surface area contributed by atoms with Crippen molar-refractivity contribution in [1.82, 2.24) is 5.32 Å². The molecule has 21 heavy (non-hydrogen) atoms. The van der Waals surface area contributed by atoms with E-state index in [-0.39, 0.29) is 6.10 Å². The van der Waals surface area contributed by atoms with Crippen LogP contribution in [0.5, 0.6) is 0 Å². The zero-order valence-electron chi connectivity index (χ0n) is 12.7. The SMILES string of the molecule is Brc1ccc(C(CNC2CC2)OC2CCCCCC2)cc1. The Balaban J connectivity index is 1.63. The number of nitrogens with one attached hydrogen (secondary N) is 1. The number of hydrogen-bond acceptors (Lipinski definition) is 2. The number of hydrogen-bond donors (Lipinski definition) is 1. The van der Waals surface area contributed by atoms with E-state index < -0.39 is 0 Å². The van der Waals surface area contributed by atoms with Gasteiger partial charge in [0.05, 0.1) is 12.2 Å². The Morgan fingerprint density at radius 3 is 2.29 bits per heavy atom. The van der Waals surface area contributed by atoms with Crippen LogP contribution in [0.4, 0.5) is 0 Å². The third-order valence-corrected chi connectivity index (χ3v) is 5.10. The first-order valence-corrected chi connectivity index (χ1v) is 9.25. The lowest BCUT2D eigenvalue weighted by atomic mass is 10.1. The summed E-state index contributed by atoms with van der Waals surface area (Å²) in [6.45, 7) is 0.947. The van der Waals surface area contributed by atoms with Crippen molar-refractivity contribution in [2.75, 3.05) is 6.54 Å². The summed E-state index contributed by atoms with van der Waals surface area (Å²) < 4.78 is 7.63. The lowest BCUT2D eigenvalue weighted by Gasteiger charge is -2.25. The highest BCUT2D eigenvalue weighted by atomic mass is 79.9. The van der Waals surface area contributed by atoms with Crippen LogP contribution in [0, 0.1) is 0 Å². The van der Waals surface area contributed by atoms with Crippen LogP contribution < -0.4 is 5.32 Å². The smallest absolute Gasteiger partial charge is 0.0953 e. The Bertz CT molecular complexity index is 421. The molecule has 0 bridgehead atoms. The van der Waals surface area contributed by atoms with Crippen LogP contribution in [0.25, 0.3) is 0 Å². The summed E-state index contributed by atoms with van der Waals surface area (Å²) in [5, 5.41) is 3.64. The average molecular weight is 352 g/mol. The highest BCUT2D eigenvalue weighted by Gasteiger charge is 2.24. The van der Waals surface area contributed by atoms with Crippen LogP contribution in [0.2, 0.25) is 0 Å². The summed E-state index contributed by atoms with van der Waals surface area (Å²) >= 11 is 3.52. The molecule has 1 aromatic rings. The molecule has 0 amide bonds. The zero-order valence-corrected chi connectivity index (χ0v) is 14.3. The molecule has 1 atom stereocenters. The number of halogens is 1. The number of ether oxygens (including phenoxy) is 1. The van der Waals surface area contributed by atoms with Crippen molar-refractivity contribution in [2.24, 2.45) is 0 Å². The van der Waals surface area contributed by atoms with Gasteiger partial charge in [0.25, 0.3) is 0 Å². The van der Waals surface area contributed by atoms with Gasteiger partial charge in [-0.25, -0.2) is 0 Å². The fourth-order valence-electron chi connectivity index (χ4n) is 3.09. The molecule has 2 aliphatic rings. The van der Waals surface area contributed by atoms with Crippen molar-refractivity contribution in [2.45, 2.75) is 69.6 Å². The average Bonchev–Trinajstić information content (AvgIpc) is 3.32. The van der Waals surface area contributed by atoms with E-state index in [4.69, 9.17) is 4.74 Å². The second-order valence-corrected chi connectivity index (χ2v) is 7.39. The Hall–Kier alpha value is -0.380. The maximum atomic E-state index is 6.50. The van der Waals surface area contributed by atoms with Crippen LogP contribution in [0.1, 0.15) is 63.0 Å². The van der Waals surface area contributed by atoms with Crippen LogP contribution >= 0.6 is 15.9 Å². The normalized spacial score (nSPS) is 22.0. The van der Waals surface area contributed by atoms with E-state index in [1.54, 1.807) is 0 Å². The number of benzene rings is 1. The standard InChI is InChI=1S/C18H26BrNO/c19-15-9-7-14(8-10-15)18(13-20-16-11-12-16)21-17-5-3-1-2-4-6-17/h7-10,16-18,20H,1-6,11-13H2. The summed E-state index contributed by atoms with van der Waals surface area (Å²) in [6, 6.07) is 9.37. The molecule has 0 aromatic heterocycles. The van der Waals surface area contributed by atoms with Crippen molar-refractivity contribution in [3.8, 4) is 0 Å². The van der Waals surface area contributed by atoms with Gasteiger partial charge in [-0.2, -0.15) is 0 Å². The minimum absolute atomic E-state index is 0.196. The van der Waals surface area contributed by atoms with Crippen molar-refractivity contribution in [1.29, 1.82) is 0 Å². The minimum Gasteiger partial charge on any atom is -0.369 e. The predicted molar refractivity (Wildman–Crippen MR) is 90.5 cm³/mol. The van der Waals surface area contributed by atoms with Crippen LogP contribution in [0.3, 0.4) is 0 Å². The third kappa shape index (κ3) is 5.08. The van der Waals surface area contributed by atoms with Gasteiger partial charge >= 0.3 is 0 Å². The van der Waals surface area contributed by atoms with Gasteiger partial charge in [0.15, 0.2) is 0 Å². The molecular formula is C18H26BrNO. The van der Waals surface area contributed by atoms with Crippen molar-refractivity contribution in [3.05, 3.63) is 34.3 Å². The summed E-state index contributed by atoms with van der Waals surface area (Å²) in [5.74, 6) is 0. The van der Waals surface area contributed by atoms with Crippen LogP contribution in [-0.4, -0.2) is 18.7 Å². The largest absolute Gasteiger partial charge is 0.369 e. The molecule has 0 heterocycles. The van der Waals surface area contributed by atoms with E-state index >= 15 is 0 Å². The summed E-state index contributed by atoms with van der Waals surface area (Å²) in [4.78, 5) is 0. The molecule has 116 valence electrons. The predicted octanol–water partition coefficient (Wildman–Crippen LogP) is 4.98. The zero-order chi connectivity index (χ0) is 14.5. The van der Waals surface area contributed by atoms with Crippen molar-refractivity contribution in [3.63, 3.8) is 0 Å². The summed E-state index contributed by atoms with van der Waals surface area (Å²) in [7, 11) is 0. The highest BCUT2D eigenvalue weighted by Crippen LogP contribution is 2.28. The first kappa shape index (κ1) is 15.5. The second kappa shape index (κ2) is 7.75. The fourth-order valence-corrected chi connectivity index (χ4v) is 3.36. The third-order valence-electron chi connectivity index (χ3n) is 4.57. The van der Waals surface area contributed by atoms with Crippen LogP contribution in [0.15, 0.2) is 28.7 Å². The van der Waals surface area contributed by atoms with E-state index in [2.05, 4.69) is 45.5 Å². The summed E-state index contributed by atoms with van der Waals surface area (Å²) in [6.07, 6.45) is 11.2. The Morgan fingerprint density at radius 2 is 1.67 bits per heavy atom. The van der Waals surface area contributed by atoms with Crippen molar-refractivity contribution < 1.29 is 4.74 Å². The fraction of sp³-hybridized carbons (Fsp3) is 0.667. The van der Waals surface area contributed by atoms with Gasteiger partial charge in [-0.1, -0.05) is 53.7 Å². The Kier molecular flexibility index (Phi) is 5.73. The van der Waals surface area contributed by atoms with E-state index in [0.29, 0.717) is 6.10 Å². The van der Waals surface area contributed by atoms with E-state index in [1.165, 1.54) is 56.9 Å². The molecule has 0 radical (unpaired) electrons. The number of rotatable bonds is 6. The molecule has 0 aliphatic heterocycles. The van der Waals surface area contributed by atoms with Gasteiger partial charge in [-0.15, -0.1) is 0 Å². The highest BCUT2D eigenvalue weighted by molar-refractivity contribution is 9.10. The molecule has 1 N–H and O–H groups in total.